The molecule has 104 valence electrons. The first-order valence-corrected chi connectivity index (χ1v) is 7.23. The number of rotatable bonds is 5. The van der Waals surface area contributed by atoms with Gasteiger partial charge in [-0.25, -0.2) is 4.68 Å². The number of allylic oxidation sites excluding steroid dienone is 1. The molecule has 0 saturated carbocycles. The van der Waals surface area contributed by atoms with E-state index in [1.54, 1.807) is 12.3 Å². The van der Waals surface area contributed by atoms with E-state index < -0.39 is 0 Å². The Hall–Kier alpha value is -1.14. The predicted molar refractivity (Wildman–Crippen MR) is 78.5 cm³/mol. The highest BCUT2D eigenvalue weighted by molar-refractivity contribution is 9.10. The molecule has 0 spiro atoms. The molecule has 1 aromatic heterocycles. The van der Waals surface area contributed by atoms with Gasteiger partial charge >= 0.3 is 0 Å². The zero-order valence-electron chi connectivity index (χ0n) is 10.8. The Labute approximate surface area is 120 Å². The Kier molecular flexibility index (Phi) is 5.15. The molecule has 5 nitrogen and oxygen atoms in total. The third-order valence-electron chi connectivity index (χ3n) is 3.08. The van der Waals surface area contributed by atoms with Crippen molar-refractivity contribution in [2.24, 2.45) is 0 Å². The number of halogens is 1. The van der Waals surface area contributed by atoms with Crippen molar-refractivity contribution < 1.29 is 4.74 Å². The number of ether oxygens (including phenoxy) is 1. The van der Waals surface area contributed by atoms with Crippen molar-refractivity contribution in [1.29, 1.82) is 0 Å². The lowest BCUT2D eigenvalue weighted by Gasteiger charge is -2.23. The van der Waals surface area contributed by atoms with E-state index in [2.05, 4.69) is 32.9 Å². The van der Waals surface area contributed by atoms with Crippen LogP contribution in [0, 0.1) is 0 Å². The smallest absolute Gasteiger partial charge is 0.283 e. The van der Waals surface area contributed by atoms with Crippen LogP contribution in [0.25, 0.3) is 0 Å². The Morgan fingerprint density at radius 2 is 2.47 bits per heavy atom. The van der Waals surface area contributed by atoms with Gasteiger partial charge in [0.1, 0.15) is 4.47 Å². The van der Waals surface area contributed by atoms with Gasteiger partial charge in [-0.1, -0.05) is 6.08 Å². The molecular formula is C13H18BrN3O2. The summed E-state index contributed by atoms with van der Waals surface area (Å²) >= 11 is 3.32. The van der Waals surface area contributed by atoms with Crippen LogP contribution in [-0.4, -0.2) is 29.0 Å². The molecule has 1 fully saturated rings. The van der Waals surface area contributed by atoms with E-state index in [9.17, 15) is 4.79 Å². The van der Waals surface area contributed by atoms with Gasteiger partial charge in [0.25, 0.3) is 5.56 Å². The average Bonchev–Trinajstić information content (AvgIpc) is 2.44. The summed E-state index contributed by atoms with van der Waals surface area (Å²) in [5.41, 5.74) is 0.550. The van der Waals surface area contributed by atoms with Crippen molar-refractivity contribution >= 4 is 21.6 Å². The summed E-state index contributed by atoms with van der Waals surface area (Å²) in [6.07, 6.45) is 6.91. The largest absolute Gasteiger partial charge is 0.380 e. The highest BCUT2D eigenvalue weighted by Gasteiger charge is 2.15. The second kappa shape index (κ2) is 6.86. The molecule has 2 heterocycles. The van der Waals surface area contributed by atoms with Crippen LogP contribution >= 0.6 is 15.9 Å². The fraction of sp³-hybridized carbons (Fsp3) is 0.538. The third-order valence-corrected chi connectivity index (χ3v) is 3.85. The topological polar surface area (TPSA) is 56.1 Å². The molecule has 0 radical (unpaired) electrons. The van der Waals surface area contributed by atoms with E-state index in [1.807, 2.05) is 0 Å². The molecule has 0 aromatic carbocycles. The number of aromatic nitrogens is 2. The number of anilines is 1. The van der Waals surface area contributed by atoms with Gasteiger partial charge in [-0.05, 0) is 35.2 Å². The number of hydrogen-bond acceptors (Lipinski definition) is 4. The molecule has 1 atom stereocenters. The minimum atomic E-state index is -0.158. The highest BCUT2D eigenvalue weighted by Crippen LogP contribution is 2.18. The fourth-order valence-corrected chi connectivity index (χ4v) is 2.48. The maximum absolute atomic E-state index is 12.0. The Morgan fingerprint density at radius 3 is 3.16 bits per heavy atom. The number of hydrogen-bond donors (Lipinski definition) is 1. The number of nitrogens with zero attached hydrogens (tertiary/aromatic N) is 2. The van der Waals surface area contributed by atoms with Gasteiger partial charge in [0.15, 0.2) is 0 Å². The molecule has 1 N–H and O–H groups in total. The van der Waals surface area contributed by atoms with E-state index in [4.69, 9.17) is 4.74 Å². The van der Waals surface area contributed by atoms with E-state index in [0.29, 0.717) is 23.2 Å². The third kappa shape index (κ3) is 3.67. The lowest BCUT2D eigenvalue weighted by atomic mass is 10.1. The zero-order chi connectivity index (χ0) is 13.7. The Morgan fingerprint density at radius 1 is 1.63 bits per heavy atom. The molecule has 6 heteroatoms. The predicted octanol–water partition coefficient (Wildman–Crippen LogP) is 2.17. The number of nitrogens with one attached hydrogen (secondary N) is 1. The van der Waals surface area contributed by atoms with Crippen LogP contribution in [0.5, 0.6) is 0 Å². The van der Waals surface area contributed by atoms with E-state index in [-0.39, 0.29) is 11.7 Å². The summed E-state index contributed by atoms with van der Waals surface area (Å²) in [7, 11) is 0. The SMILES string of the molecule is C=CCn1ncc(NCC2CCCCO2)c(Br)c1=O. The van der Waals surface area contributed by atoms with Crippen LogP contribution in [0.3, 0.4) is 0 Å². The first-order valence-electron chi connectivity index (χ1n) is 6.44. The lowest BCUT2D eigenvalue weighted by Crippen LogP contribution is -2.29. The molecule has 0 aliphatic carbocycles. The summed E-state index contributed by atoms with van der Waals surface area (Å²) in [6.45, 7) is 5.53. The molecule has 1 saturated heterocycles. The van der Waals surface area contributed by atoms with Gasteiger partial charge in [0.05, 0.1) is 24.5 Å². The molecule has 1 aliphatic heterocycles. The maximum Gasteiger partial charge on any atom is 0.283 e. The van der Waals surface area contributed by atoms with Gasteiger partial charge < -0.3 is 10.1 Å². The maximum atomic E-state index is 12.0. The van der Waals surface area contributed by atoms with Crippen LogP contribution in [0.4, 0.5) is 5.69 Å². The molecule has 19 heavy (non-hydrogen) atoms. The second-order valence-corrected chi connectivity index (χ2v) is 5.31. The molecule has 2 rings (SSSR count). The van der Waals surface area contributed by atoms with Gasteiger partial charge in [0.2, 0.25) is 0 Å². The van der Waals surface area contributed by atoms with Crippen LogP contribution < -0.4 is 10.9 Å². The molecule has 0 bridgehead atoms. The van der Waals surface area contributed by atoms with Crippen molar-refractivity contribution in [3.05, 3.63) is 33.7 Å². The van der Waals surface area contributed by atoms with E-state index in [0.717, 1.165) is 19.4 Å². The second-order valence-electron chi connectivity index (χ2n) is 4.52. The van der Waals surface area contributed by atoms with Crippen LogP contribution in [-0.2, 0) is 11.3 Å². The standard InChI is InChI=1S/C13H18BrN3O2/c1-2-6-17-13(18)12(14)11(9-16-17)15-8-10-5-3-4-7-19-10/h2,9-10,15H,1,3-8H2. The minimum absolute atomic E-state index is 0.158. The first-order chi connectivity index (χ1) is 9.22. The van der Waals surface area contributed by atoms with Gasteiger partial charge in [-0.15, -0.1) is 6.58 Å². The summed E-state index contributed by atoms with van der Waals surface area (Å²) in [6, 6.07) is 0. The van der Waals surface area contributed by atoms with Crippen LogP contribution in [0.2, 0.25) is 0 Å². The zero-order valence-corrected chi connectivity index (χ0v) is 12.4. The summed E-state index contributed by atoms with van der Waals surface area (Å²) < 4.78 is 7.50. The summed E-state index contributed by atoms with van der Waals surface area (Å²) in [5, 5.41) is 7.31. The van der Waals surface area contributed by atoms with Gasteiger partial charge in [-0.2, -0.15) is 5.10 Å². The van der Waals surface area contributed by atoms with E-state index >= 15 is 0 Å². The van der Waals surface area contributed by atoms with Crippen molar-refractivity contribution in [3.63, 3.8) is 0 Å². The summed E-state index contributed by atoms with van der Waals surface area (Å²) in [5.74, 6) is 0. The monoisotopic (exact) mass is 327 g/mol. The summed E-state index contributed by atoms with van der Waals surface area (Å²) in [4.78, 5) is 12.0. The van der Waals surface area contributed by atoms with Crippen molar-refractivity contribution in [3.8, 4) is 0 Å². The van der Waals surface area contributed by atoms with Crippen molar-refractivity contribution in [1.82, 2.24) is 9.78 Å². The van der Waals surface area contributed by atoms with Gasteiger partial charge in [0, 0.05) is 13.2 Å². The molecule has 0 amide bonds. The van der Waals surface area contributed by atoms with E-state index in [1.165, 1.54) is 11.1 Å². The van der Waals surface area contributed by atoms with Crippen LogP contribution in [0.15, 0.2) is 28.1 Å². The highest BCUT2D eigenvalue weighted by atomic mass is 79.9. The fourth-order valence-electron chi connectivity index (χ4n) is 2.03. The Balaban J connectivity index is 2.02. The molecule has 1 unspecified atom stereocenters. The molecule has 1 aliphatic rings. The molecule has 1 aromatic rings. The van der Waals surface area contributed by atoms with Crippen molar-refractivity contribution in [2.75, 3.05) is 18.5 Å². The van der Waals surface area contributed by atoms with Crippen LogP contribution in [0.1, 0.15) is 19.3 Å². The first kappa shape index (κ1) is 14.3. The quantitative estimate of drug-likeness (QED) is 0.842. The average molecular weight is 328 g/mol. The minimum Gasteiger partial charge on any atom is -0.380 e. The molecular weight excluding hydrogens is 310 g/mol. The van der Waals surface area contributed by atoms with Gasteiger partial charge in [-0.3, -0.25) is 4.79 Å². The lowest BCUT2D eigenvalue weighted by molar-refractivity contribution is 0.0247. The normalized spacial score (nSPS) is 19.1. The van der Waals surface area contributed by atoms with Crippen molar-refractivity contribution in [2.45, 2.75) is 31.9 Å². The Bertz CT molecular complexity index is 495.